The van der Waals surface area contributed by atoms with Crippen LogP contribution in [0.1, 0.15) is 24.0 Å². The van der Waals surface area contributed by atoms with Gasteiger partial charge in [-0.1, -0.05) is 48.0 Å². The molecule has 2 amide bonds. The van der Waals surface area contributed by atoms with Crippen molar-refractivity contribution in [1.82, 2.24) is 10.2 Å². The average Bonchev–Trinajstić information content (AvgIpc) is 2.73. The van der Waals surface area contributed by atoms with E-state index in [2.05, 4.69) is 5.32 Å². The van der Waals surface area contributed by atoms with Crippen molar-refractivity contribution in [2.45, 2.75) is 25.0 Å². The lowest BCUT2D eigenvalue weighted by Gasteiger charge is -2.42. The van der Waals surface area contributed by atoms with Crippen LogP contribution in [-0.2, 0) is 21.7 Å². The molecule has 0 aliphatic carbocycles. The van der Waals surface area contributed by atoms with Crippen molar-refractivity contribution in [2.75, 3.05) is 19.0 Å². The van der Waals surface area contributed by atoms with Crippen molar-refractivity contribution < 1.29 is 18.7 Å². The number of benzene rings is 2. The number of nitrogens with one attached hydrogen (secondary N) is 1. The Hall–Kier alpha value is -2.31. The Labute approximate surface area is 178 Å². The maximum atomic E-state index is 14.6. The van der Waals surface area contributed by atoms with Gasteiger partial charge >= 0.3 is 6.09 Å². The molecule has 1 heterocycles. The van der Waals surface area contributed by atoms with Gasteiger partial charge in [-0.3, -0.25) is 4.79 Å². The molecule has 0 radical (unpaired) electrons. The second-order valence-corrected chi connectivity index (χ2v) is 7.62. The van der Waals surface area contributed by atoms with Crippen LogP contribution in [0, 0.1) is 5.82 Å². The number of carbonyl (C=O) groups excluding carboxylic acids is 2. The molecular weight excluding hydrogens is 418 g/mol. The number of hydrogen-bond donors (Lipinski definition) is 1. The lowest BCUT2D eigenvalue weighted by Crippen LogP contribution is -2.54. The molecule has 1 aliphatic rings. The standard InChI is InChI=1S/C21H21Cl2FN2O3/c22-13-19(27)25-21(17-7-6-16(23)12-18(17)24)8-10-26(11-9-21)20(28)29-14-15-4-2-1-3-5-15/h1-7,12H,8-11,13-14H2,(H,25,27). The van der Waals surface area contributed by atoms with E-state index in [1.807, 2.05) is 30.3 Å². The summed E-state index contributed by atoms with van der Waals surface area (Å²) in [6.07, 6.45) is 0.214. The van der Waals surface area contributed by atoms with Crippen LogP contribution in [0.5, 0.6) is 0 Å². The summed E-state index contributed by atoms with van der Waals surface area (Å²) in [6, 6.07) is 13.7. The number of alkyl halides is 1. The van der Waals surface area contributed by atoms with Gasteiger partial charge in [-0.15, -0.1) is 11.6 Å². The van der Waals surface area contributed by atoms with Crippen molar-refractivity contribution in [3.8, 4) is 0 Å². The van der Waals surface area contributed by atoms with Gasteiger partial charge in [0.1, 0.15) is 18.3 Å². The fourth-order valence-corrected chi connectivity index (χ4v) is 3.75. The number of nitrogens with zero attached hydrogens (tertiary/aromatic N) is 1. The molecule has 1 N–H and O–H groups in total. The number of hydrogen-bond acceptors (Lipinski definition) is 3. The SMILES string of the molecule is O=C(CCl)NC1(c2ccc(Cl)cc2F)CCN(C(=O)OCc2ccccc2)CC1. The van der Waals surface area contributed by atoms with E-state index in [1.54, 1.807) is 17.0 Å². The van der Waals surface area contributed by atoms with E-state index in [1.165, 1.54) is 6.07 Å². The lowest BCUT2D eigenvalue weighted by atomic mass is 9.80. The van der Waals surface area contributed by atoms with Crippen molar-refractivity contribution >= 4 is 35.2 Å². The number of amides is 2. The molecule has 3 rings (SSSR count). The van der Waals surface area contributed by atoms with Crippen molar-refractivity contribution in [3.63, 3.8) is 0 Å². The predicted octanol–water partition coefficient (Wildman–Crippen LogP) is 4.46. The Kier molecular flexibility index (Phi) is 6.98. The maximum Gasteiger partial charge on any atom is 0.410 e. The number of piperidine rings is 1. The molecule has 5 nitrogen and oxygen atoms in total. The molecule has 2 aromatic rings. The van der Waals surface area contributed by atoms with Gasteiger partial charge in [-0.05, 0) is 30.5 Å². The summed E-state index contributed by atoms with van der Waals surface area (Å²) in [6.45, 7) is 0.784. The minimum absolute atomic E-state index is 0.177. The smallest absolute Gasteiger partial charge is 0.410 e. The predicted molar refractivity (Wildman–Crippen MR) is 109 cm³/mol. The highest BCUT2D eigenvalue weighted by Crippen LogP contribution is 2.35. The molecule has 1 aliphatic heterocycles. The zero-order chi connectivity index (χ0) is 20.9. The van der Waals surface area contributed by atoms with E-state index in [-0.39, 0.29) is 17.5 Å². The summed E-state index contributed by atoms with van der Waals surface area (Å²) in [5.41, 5.74) is 0.263. The minimum Gasteiger partial charge on any atom is -0.445 e. The Morgan fingerprint density at radius 2 is 1.83 bits per heavy atom. The van der Waals surface area contributed by atoms with Crippen molar-refractivity contribution in [1.29, 1.82) is 0 Å². The van der Waals surface area contributed by atoms with Crippen LogP contribution < -0.4 is 5.32 Å². The fraction of sp³-hybridized carbons (Fsp3) is 0.333. The van der Waals surface area contributed by atoms with Crippen molar-refractivity contribution in [2.24, 2.45) is 0 Å². The first-order valence-corrected chi connectivity index (χ1v) is 10.1. The molecule has 8 heteroatoms. The van der Waals surface area contributed by atoms with E-state index in [4.69, 9.17) is 27.9 Å². The summed E-state index contributed by atoms with van der Waals surface area (Å²) in [4.78, 5) is 26.0. The first kappa shape index (κ1) is 21.4. The second kappa shape index (κ2) is 9.46. The summed E-state index contributed by atoms with van der Waals surface area (Å²) < 4.78 is 20.0. The van der Waals surface area contributed by atoms with E-state index in [0.717, 1.165) is 5.56 Å². The van der Waals surface area contributed by atoms with E-state index >= 15 is 0 Å². The van der Waals surface area contributed by atoms with Gasteiger partial charge in [0, 0.05) is 23.7 Å². The second-order valence-electron chi connectivity index (χ2n) is 6.92. The van der Waals surface area contributed by atoms with E-state index in [9.17, 15) is 14.0 Å². The number of rotatable bonds is 5. The fourth-order valence-electron chi connectivity index (χ4n) is 3.52. The molecule has 0 aromatic heterocycles. The maximum absolute atomic E-state index is 14.6. The van der Waals surface area contributed by atoms with Gasteiger partial charge in [0.2, 0.25) is 5.91 Å². The lowest BCUT2D eigenvalue weighted by molar-refractivity contribution is -0.121. The number of halogens is 3. The monoisotopic (exact) mass is 438 g/mol. The van der Waals surface area contributed by atoms with Gasteiger partial charge in [-0.2, -0.15) is 0 Å². The molecule has 0 unspecified atom stereocenters. The molecule has 0 spiro atoms. The van der Waals surface area contributed by atoms with Gasteiger partial charge < -0.3 is 15.0 Å². The molecule has 0 bridgehead atoms. The van der Waals surface area contributed by atoms with E-state index < -0.39 is 23.4 Å². The normalized spacial score (nSPS) is 15.6. The van der Waals surface area contributed by atoms with Crippen LogP contribution in [0.4, 0.5) is 9.18 Å². The third-order valence-corrected chi connectivity index (χ3v) is 5.50. The van der Waals surface area contributed by atoms with Crippen LogP contribution in [0.25, 0.3) is 0 Å². The quantitative estimate of drug-likeness (QED) is 0.700. The molecule has 0 atom stereocenters. The number of carbonyl (C=O) groups is 2. The molecule has 154 valence electrons. The highest BCUT2D eigenvalue weighted by molar-refractivity contribution is 6.30. The van der Waals surface area contributed by atoms with Crippen LogP contribution in [0.3, 0.4) is 0 Å². The van der Waals surface area contributed by atoms with Gasteiger partial charge in [-0.25, -0.2) is 9.18 Å². The number of ether oxygens (including phenoxy) is 1. The first-order chi connectivity index (χ1) is 13.9. The summed E-state index contributed by atoms with van der Waals surface area (Å²) in [5.74, 6) is -1.15. The largest absolute Gasteiger partial charge is 0.445 e. The minimum atomic E-state index is -0.961. The third-order valence-electron chi connectivity index (χ3n) is 5.03. The van der Waals surface area contributed by atoms with Gasteiger partial charge in [0.05, 0.1) is 5.54 Å². The Bertz CT molecular complexity index is 871. The molecular formula is C21H21Cl2FN2O3. The highest BCUT2D eigenvalue weighted by Gasteiger charge is 2.40. The summed E-state index contributed by atoms with van der Waals surface area (Å²) in [7, 11) is 0. The molecule has 1 saturated heterocycles. The van der Waals surface area contributed by atoms with Crippen LogP contribution in [-0.4, -0.2) is 35.9 Å². The van der Waals surface area contributed by atoms with Gasteiger partial charge in [0.15, 0.2) is 0 Å². The Morgan fingerprint density at radius 3 is 2.45 bits per heavy atom. The first-order valence-electron chi connectivity index (χ1n) is 9.22. The zero-order valence-corrected chi connectivity index (χ0v) is 17.2. The highest BCUT2D eigenvalue weighted by atomic mass is 35.5. The van der Waals surface area contributed by atoms with Crippen LogP contribution in [0.15, 0.2) is 48.5 Å². The topological polar surface area (TPSA) is 58.6 Å². The molecule has 0 saturated carbocycles. The molecule has 1 fully saturated rings. The number of likely N-dealkylation sites (tertiary alicyclic amines) is 1. The molecule has 29 heavy (non-hydrogen) atoms. The Balaban J connectivity index is 1.70. The third kappa shape index (κ3) is 5.19. The average molecular weight is 439 g/mol. The van der Waals surface area contributed by atoms with Crippen LogP contribution in [0.2, 0.25) is 5.02 Å². The zero-order valence-electron chi connectivity index (χ0n) is 15.7. The summed E-state index contributed by atoms with van der Waals surface area (Å²) >= 11 is 11.5. The Morgan fingerprint density at radius 1 is 1.14 bits per heavy atom. The van der Waals surface area contributed by atoms with Gasteiger partial charge in [0.25, 0.3) is 0 Å². The summed E-state index contributed by atoms with van der Waals surface area (Å²) in [5, 5.41) is 3.11. The van der Waals surface area contributed by atoms with Crippen LogP contribution >= 0.6 is 23.2 Å². The molecule has 2 aromatic carbocycles. The van der Waals surface area contributed by atoms with E-state index in [0.29, 0.717) is 31.5 Å². The van der Waals surface area contributed by atoms with Crippen molar-refractivity contribution in [3.05, 3.63) is 70.5 Å².